The normalized spacial score (nSPS) is 15.9. The zero-order valence-electron chi connectivity index (χ0n) is 8.10. The quantitative estimate of drug-likeness (QED) is 0.414. The van der Waals surface area contributed by atoms with Gasteiger partial charge in [-0.25, -0.2) is 0 Å². The van der Waals surface area contributed by atoms with Crippen LogP contribution < -0.4 is 0 Å². The van der Waals surface area contributed by atoms with Gasteiger partial charge in [-0.15, -0.1) is 0 Å². The van der Waals surface area contributed by atoms with Gasteiger partial charge in [0, 0.05) is 0 Å². The van der Waals surface area contributed by atoms with Crippen LogP contribution in [-0.4, -0.2) is 0 Å². The van der Waals surface area contributed by atoms with E-state index in [1.807, 2.05) is 18.2 Å². The molecule has 0 nitrogen and oxygen atoms in total. The Bertz CT molecular complexity index is 279. The fourth-order valence-corrected chi connectivity index (χ4v) is 0.534. The minimum atomic E-state index is -10.7. The monoisotopic (exact) mass is 238 g/mol. The zero-order valence-corrected chi connectivity index (χ0v) is 8.00. The summed E-state index contributed by atoms with van der Waals surface area (Å²) in [5.41, 5.74) is 1.32. The van der Waals surface area contributed by atoms with Gasteiger partial charge in [0.25, 0.3) is 0 Å². The van der Waals surface area contributed by atoms with Crippen LogP contribution in [0.5, 0.6) is 0 Å². The Morgan fingerprint density at radius 2 is 1.14 bits per heavy atom. The molecule has 0 spiro atoms. The second-order valence-corrected chi connectivity index (χ2v) is 4.53. The van der Waals surface area contributed by atoms with E-state index in [1.54, 1.807) is 0 Å². The first-order valence-corrected chi connectivity index (χ1v) is 5.45. The van der Waals surface area contributed by atoms with Crippen molar-refractivity contribution in [3.63, 3.8) is 0 Å². The smallest absolute Gasteiger partial charge is 1.00 e. The molecule has 0 amide bonds. The fraction of sp³-hybridized carbons (Fsp3) is 0.143. The molecule has 0 saturated heterocycles. The molecule has 84 valence electrons. The first-order valence-electron chi connectivity index (χ1n) is 3.42. The van der Waals surface area contributed by atoms with Crippen LogP contribution in [0.15, 0.2) is 30.3 Å². The van der Waals surface area contributed by atoms with Gasteiger partial charge in [0.05, 0.1) is 0 Å². The van der Waals surface area contributed by atoms with Crippen LogP contribution in [0.25, 0.3) is 0 Å². The number of rotatable bonds is 0. The van der Waals surface area contributed by atoms with E-state index in [2.05, 4.69) is 19.1 Å². The van der Waals surface area contributed by atoms with E-state index >= 15 is 0 Å². The van der Waals surface area contributed by atoms with Crippen LogP contribution >= 0.6 is 7.81 Å². The maximum absolute atomic E-state index is 10.7. The molecule has 0 bridgehead atoms. The molecule has 0 radical (unpaired) electrons. The second-order valence-electron chi connectivity index (χ2n) is 2.61. The number of halogens is 6. The van der Waals surface area contributed by atoms with E-state index in [1.165, 1.54) is 5.56 Å². The van der Waals surface area contributed by atoms with E-state index in [0.29, 0.717) is 0 Å². The molecule has 1 aromatic rings. The fourth-order valence-electron chi connectivity index (χ4n) is 0.534. The number of aryl methyl sites for hydroxylation is 1. The molecule has 0 aliphatic heterocycles. The van der Waals surface area contributed by atoms with Crippen molar-refractivity contribution in [3.8, 4) is 0 Å². The average molecular weight is 238 g/mol. The van der Waals surface area contributed by atoms with Crippen molar-refractivity contribution in [2.75, 3.05) is 0 Å². The van der Waals surface area contributed by atoms with Crippen LogP contribution in [-0.2, 0) is 0 Å². The Kier molecular flexibility index (Phi) is 2.95. The maximum atomic E-state index is 9.87. The summed E-state index contributed by atoms with van der Waals surface area (Å²) in [6.45, 7) is 2.08. The Balaban J connectivity index is 0. The van der Waals surface area contributed by atoms with E-state index in [-0.39, 0.29) is 1.43 Å². The van der Waals surface area contributed by atoms with Crippen molar-refractivity contribution in [3.05, 3.63) is 35.9 Å². The summed E-state index contributed by atoms with van der Waals surface area (Å²) in [4.78, 5) is 0. The third kappa shape index (κ3) is 22.5. The second kappa shape index (κ2) is 3.12. The molecule has 1 aromatic carbocycles. The van der Waals surface area contributed by atoms with Crippen LogP contribution in [0.4, 0.5) is 25.2 Å². The van der Waals surface area contributed by atoms with Gasteiger partial charge in [0.1, 0.15) is 0 Å². The molecule has 0 aromatic heterocycles. The van der Waals surface area contributed by atoms with E-state index in [0.717, 1.165) is 0 Å². The SMILES string of the molecule is Cc1ccccc1.F[P-](F)(F)(F)(F)F.[H+]. The third-order valence-electron chi connectivity index (χ3n) is 0.940. The van der Waals surface area contributed by atoms with Gasteiger partial charge in [-0.2, -0.15) is 0 Å². The first-order chi connectivity index (χ1) is 5.84. The molecule has 14 heavy (non-hydrogen) atoms. The van der Waals surface area contributed by atoms with Crippen molar-refractivity contribution < 1.29 is 26.6 Å². The van der Waals surface area contributed by atoms with Gasteiger partial charge in [0.2, 0.25) is 0 Å². The largest absolute Gasteiger partial charge is 1.00 e. The average Bonchev–Trinajstić information content (AvgIpc) is 1.81. The summed E-state index contributed by atoms with van der Waals surface area (Å²) in [5, 5.41) is 0. The summed E-state index contributed by atoms with van der Waals surface area (Å²) >= 11 is 0. The first kappa shape index (κ1) is 13.2. The van der Waals surface area contributed by atoms with E-state index in [9.17, 15) is 25.2 Å². The van der Waals surface area contributed by atoms with E-state index in [4.69, 9.17) is 0 Å². The van der Waals surface area contributed by atoms with Gasteiger partial charge in [-0.05, 0) is 6.92 Å². The molecule has 0 aliphatic carbocycles. The summed E-state index contributed by atoms with van der Waals surface area (Å²) in [5.74, 6) is 0. The maximum Gasteiger partial charge on any atom is 1.00 e. The van der Waals surface area contributed by atoms with Crippen LogP contribution in [0.2, 0.25) is 0 Å². The van der Waals surface area contributed by atoms with Crippen LogP contribution in [0.3, 0.4) is 0 Å². The molecule has 0 N–H and O–H groups in total. The summed E-state index contributed by atoms with van der Waals surface area (Å²) < 4.78 is 59.2. The van der Waals surface area contributed by atoms with Gasteiger partial charge >= 0.3 is 34.4 Å². The van der Waals surface area contributed by atoms with Crippen molar-refractivity contribution >= 4 is 7.81 Å². The molecule has 0 saturated carbocycles. The molecular weight excluding hydrogens is 229 g/mol. The standard InChI is InChI=1S/C7H8.F6P/c1-7-5-3-2-4-6-7;1-7(2,3,4,5)6/h2-6H,1H3;/q;-1/p+1. The molecule has 7 heteroatoms. The van der Waals surface area contributed by atoms with Gasteiger partial charge < -0.3 is 0 Å². The minimum Gasteiger partial charge on any atom is 1.00 e. The van der Waals surface area contributed by atoms with Gasteiger partial charge in [-0.3, -0.25) is 0 Å². The Morgan fingerprint density at radius 1 is 0.857 bits per heavy atom. The van der Waals surface area contributed by atoms with Crippen molar-refractivity contribution in [2.45, 2.75) is 6.92 Å². The number of hydrogen-bond donors (Lipinski definition) is 0. The molecular formula is C7H9F6P. The topological polar surface area (TPSA) is 0 Å². The number of benzene rings is 1. The third-order valence-corrected chi connectivity index (χ3v) is 0.940. The van der Waals surface area contributed by atoms with Crippen LogP contribution in [0.1, 0.15) is 6.99 Å². The Morgan fingerprint density at radius 3 is 1.29 bits per heavy atom. The summed E-state index contributed by atoms with van der Waals surface area (Å²) in [6.07, 6.45) is 0. The molecule has 0 fully saturated rings. The molecule has 0 unspecified atom stereocenters. The molecule has 0 heterocycles. The Labute approximate surface area is 78.3 Å². The summed E-state index contributed by atoms with van der Waals surface area (Å²) in [6, 6.07) is 10.3. The predicted molar refractivity (Wildman–Crippen MR) is 45.9 cm³/mol. The zero-order chi connectivity index (χ0) is 11.5. The molecule has 0 atom stereocenters. The van der Waals surface area contributed by atoms with Crippen LogP contribution in [0, 0.1) is 6.92 Å². The Hall–Kier alpha value is -0.770. The molecule has 1 rings (SSSR count). The number of hydrogen-bond acceptors (Lipinski definition) is 0. The predicted octanol–water partition coefficient (Wildman–Crippen LogP) is 5.49. The molecule has 0 aliphatic rings. The van der Waals surface area contributed by atoms with Gasteiger partial charge in [0.15, 0.2) is 0 Å². The van der Waals surface area contributed by atoms with Crippen molar-refractivity contribution in [1.82, 2.24) is 0 Å². The van der Waals surface area contributed by atoms with Gasteiger partial charge in [-0.1, -0.05) is 35.9 Å². The van der Waals surface area contributed by atoms with E-state index < -0.39 is 7.81 Å². The minimum absolute atomic E-state index is 0. The summed E-state index contributed by atoms with van der Waals surface area (Å²) in [7, 11) is -10.7. The van der Waals surface area contributed by atoms with Crippen molar-refractivity contribution in [1.29, 1.82) is 0 Å². The van der Waals surface area contributed by atoms with Crippen molar-refractivity contribution in [2.24, 2.45) is 0 Å².